The number of nitrogens with zero attached hydrogens (tertiary/aromatic N) is 3. The van der Waals surface area contributed by atoms with Gasteiger partial charge in [-0.25, -0.2) is 4.98 Å². The van der Waals surface area contributed by atoms with E-state index in [1.807, 2.05) is 76.4 Å². The number of pyridine rings is 1. The summed E-state index contributed by atoms with van der Waals surface area (Å²) in [6, 6.07) is 58.1. The second-order valence-corrected chi connectivity index (χ2v) is 18.0. The number of benzene rings is 7. The van der Waals surface area contributed by atoms with Gasteiger partial charge in [0.05, 0.1) is 16.6 Å². The minimum Gasteiger partial charge on any atom is -0.507 e. The third-order valence-electron chi connectivity index (χ3n) is 12.3. The Morgan fingerprint density at radius 1 is 0.523 bits per heavy atom. The SMILES string of the molecule is [2H]C(C)(C)c1ccc(-c2ccnc(-c3[c-]c(-c4cccc5c4nc(-c4cc(C(C)C)cc(C(C)C)c4O)n5-c4cc(-c5ccccc5)cc(C([2H])(C)C)c4)cc(-c4ccccc4)c3)c2)cc1.[Pt]. The molecular formula is C60H56N3OPt-. The van der Waals surface area contributed by atoms with Crippen LogP contribution in [0.1, 0.15) is 104 Å². The molecule has 2 aromatic heterocycles. The predicted octanol–water partition coefficient (Wildman–Crippen LogP) is 16.4. The fourth-order valence-corrected chi connectivity index (χ4v) is 8.61. The molecular weight excluding hydrogens is 974 g/mol. The molecule has 328 valence electrons. The number of aromatic nitrogens is 3. The van der Waals surface area contributed by atoms with Crippen LogP contribution in [0.25, 0.3) is 83.9 Å². The van der Waals surface area contributed by atoms with Crippen LogP contribution < -0.4 is 0 Å². The summed E-state index contributed by atoms with van der Waals surface area (Å²) >= 11 is 0. The molecule has 0 aliphatic carbocycles. The Morgan fingerprint density at radius 3 is 1.78 bits per heavy atom. The summed E-state index contributed by atoms with van der Waals surface area (Å²) in [6.45, 7) is 16.2. The van der Waals surface area contributed by atoms with Crippen molar-refractivity contribution in [2.24, 2.45) is 0 Å². The summed E-state index contributed by atoms with van der Waals surface area (Å²) in [5.74, 6) is -0.466. The maximum absolute atomic E-state index is 12.3. The minimum atomic E-state index is -0.900. The number of imidazole rings is 1. The molecule has 0 saturated carbocycles. The van der Waals surface area contributed by atoms with Crippen LogP contribution in [-0.4, -0.2) is 19.6 Å². The normalized spacial score (nSPS) is 12.3. The monoisotopic (exact) mass is 1030 g/mol. The van der Waals surface area contributed by atoms with E-state index in [2.05, 4.69) is 154 Å². The Morgan fingerprint density at radius 2 is 1.15 bits per heavy atom. The first-order valence-corrected chi connectivity index (χ1v) is 22.3. The van der Waals surface area contributed by atoms with Crippen LogP contribution >= 0.6 is 0 Å². The minimum absolute atomic E-state index is 0. The number of phenols is 1. The van der Waals surface area contributed by atoms with Crippen molar-refractivity contribution in [3.05, 3.63) is 192 Å². The molecule has 1 N–H and O–H groups in total. The van der Waals surface area contributed by atoms with Crippen LogP contribution in [0.5, 0.6) is 5.75 Å². The van der Waals surface area contributed by atoms with Crippen molar-refractivity contribution in [3.8, 4) is 78.6 Å². The molecule has 0 fully saturated rings. The van der Waals surface area contributed by atoms with Crippen LogP contribution in [0.2, 0.25) is 0 Å². The second kappa shape index (κ2) is 19.0. The van der Waals surface area contributed by atoms with E-state index < -0.39 is 11.8 Å². The van der Waals surface area contributed by atoms with Gasteiger partial charge in [0.25, 0.3) is 0 Å². The maximum Gasteiger partial charge on any atom is 0.148 e. The number of rotatable bonds is 11. The predicted molar refractivity (Wildman–Crippen MR) is 268 cm³/mol. The Labute approximate surface area is 402 Å². The molecule has 7 aromatic carbocycles. The van der Waals surface area contributed by atoms with Crippen molar-refractivity contribution in [2.75, 3.05) is 0 Å². The molecule has 4 nitrogen and oxygen atoms in total. The van der Waals surface area contributed by atoms with E-state index in [0.717, 1.165) is 94.7 Å². The molecule has 0 atom stereocenters. The molecule has 0 aliphatic heterocycles. The van der Waals surface area contributed by atoms with Crippen molar-refractivity contribution in [1.82, 2.24) is 14.5 Å². The molecule has 0 amide bonds. The van der Waals surface area contributed by atoms with Gasteiger partial charge in [-0.2, -0.15) is 0 Å². The van der Waals surface area contributed by atoms with Gasteiger partial charge in [-0.1, -0.05) is 187 Å². The molecule has 0 spiro atoms. The zero-order chi connectivity index (χ0) is 46.5. The fourth-order valence-electron chi connectivity index (χ4n) is 8.61. The molecule has 2 heterocycles. The second-order valence-electron chi connectivity index (χ2n) is 18.0. The summed E-state index contributed by atoms with van der Waals surface area (Å²) in [5.41, 5.74) is 16.5. The van der Waals surface area contributed by atoms with Crippen LogP contribution in [0.4, 0.5) is 0 Å². The van der Waals surface area contributed by atoms with Gasteiger partial charge in [0, 0.05) is 41.4 Å². The zero-order valence-electron chi connectivity index (χ0n) is 40.3. The zero-order valence-corrected chi connectivity index (χ0v) is 40.6. The quantitative estimate of drug-likeness (QED) is 0.131. The summed E-state index contributed by atoms with van der Waals surface area (Å²) < 4.78 is 19.9. The third-order valence-corrected chi connectivity index (χ3v) is 12.3. The van der Waals surface area contributed by atoms with Gasteiger partial charge >= 0.3 is 0 Å². The molecule has 0 bridgehead atoms. The average Bonchev–Trinajstić information content (AvgIpc) is 3.71. The molecule has 0 aliphatic rings. The van der Waals surface area contributed by atoms with Gasteiger partial charge in [-0.05, 0) is 104 Å². The summed E-state index contributed by atoms with van der Waals surface area (Å²) in [6.07, 6.45) is 1.85. The van der Waals surface area contributed by atoms with Crippen molar-refractivity contribution in [2.45, 2.75) is 79.0 Å². The molecule has 0 unspecified atom stereocenters. The van der Waals surface area contributed by atoms with E-state index in [1.165, 1.54) is 0 Å². The first kappa shape index (κ1) is 42.6. The number of phenolic OH excluding ortho intramolecular Hbond substituents is 1. The molecule has 65 heavy (non-hydrogen) atoms. The smallest absolute Gasteiger partial charge is 0.148 e. The van der Waals surface area contributed by atoms with Gasteiger partial charge in [-0.3, -0.25) is 9.55 Å². The van der Waals surface area contributed by atoms with Crippen LogP contribution in [0, 0.1) is 6.07 Å². The molecule has 5 heteroatoms. The average molecular weight is 1030 g/mol. The number of fused-ring (bicyclic) bond motifs is 1. The Balaban J connectivity index is 0.00000608. The van der Waals surface area contributed by atoms with Crippen LogP contribution in [0.15, 0.2) is 164 Å². The Hall–Kier alpha value is -6.35. The molecule has 9 rings (SSSR count). The topological polar surface area (TPSA) is 50.9 Å². The third kappa shape index (κ3) is 9.15. The summed E-state index contributed by atoms with van der Waals surface area (Å²) in [4.78, 5) is 10.5. The van der Waals surface area contributed by atoms with E-state index in [-0.39, 0.29) is 38.7 Å². The van der Waals surface area contributed by atoms with Crippen molar-refractivity contribution >= 4 is 11.0 Å². The van der Waals surface area contributed by atoms with Crippen molar-refractivity contribution < 1.29 is 28.9 Å². The van der Waals surface area contributed by atoms with E-state index >= 15 is 0 Å². The van der Waals surface area contributed by atoms with E-state index in [0.29, 0.717) is 11.4 Å². The van der Waals surface area contributed by atoms with Crippen molar-refractivity contribution in [1.29, 1.82) is 0 Å². The number of hydrogen-bond donors (Lipinski definition) is 1. The van der Waals surface area contributed by atoms with Crippen LogP contribution in [0.3, 0.4) is 0 Å². The summed E-state index contributed by atoms with van der Waals surface area (Å²) in [5, 5.41) is 12.3. The molecule has 9 aromatic rings. The van der Waals surface area contributed by atoms with E-state index in [9.17, 15) is 6.48 Å². The number of hydrogen-bond acceptors (Lipinski definition) is 3. The maximum atomic E-state index is 12.3. The first-order valence-electron chi connectivity index (χ1n) is 23.3. The Bertz CT molecular complexity index is 3220. The van der Waals surface area contributed by atoms with Crippen molar-refractivity contribution in [3.63, 3.8) is 0 Å². The summed E-state index contributed by atoms with van der Waals surface area (Å²) in [7, 11) is 0. The molecule has 0 radical (unpaired) electrons. The van der Waals surface area contributed by atoms with Gasteiger partial charge in [-0.15, -0.1) is 23.8 Å². The first-order chi connectivity index (χ1) is 31.5. The fraction of sp³-hybridized carbons (Fsp3) is 0.200. The Kier molecular flexibility index (Phi) is 12.5. The van der Waals surface area contributed by atoms with Crippen LogP contribution in [-0.2, 0) is 21.1 Å². The van der Waals surface area contributed by atoms with Gasteiger partial charge in [0.2, 0.25) is 0 Å². The molecule has 0 saturated heterocycles. The van der Waals surface area contributed by atoms with Gasteiger partial charge in [0.15, 0.2) is 0 Å². The van der Waals surface area contributed by atoms with Gasteiger partial charge in [0.1, 0.15) is 11.6 Å². The van der Waals surface area contributed by atoms with Gasteiger partial charge < -0.3 is 5.11 Å². The standard InChI is InChI=1S/C60H56N3O.Pt/c1-37(2)41-22-24-44(25-23-41)45-26-27-61-56(36-45)51-30-48(42-16-11-9-12-17-42)29-50(31-51)53-20-15-21-57-58(53)62-60(55-35-47(39(5)6)34-54(40(7)8)59(55)64)63(57)52-32-46(38(3)4)28-49(33-52)43-18-13-10-14-19-43;/h9-30,32-40,64H,1-8H3;/q-1;/i37D,38D;. The number of para-hydroxylation sites is 1. The van der Waals surface area contributed by atoms with E-state index in [4.69, 9.17) is 11.3 Å². The number of aromatic hydroxyl groups is 1. The largest absolute Gasteiger partial charge is 0.507 e. The van der Waals surface area contributed by atoms with E-state index in [1.54, 1.807) is 0 Å².